The second-order valence-corrected chi connectivity index (χ2v) is 6.26. The molecular weight excluding hydrogens is 290 g/mol. The number of β-amino-alcohol motifs (C(OH)–C–C–N with tert-alkyl or cyclic N) is 2. The lowest BCUT2D eigenvalue weighted by molar-refractivity contribution is 0.0572. The monoisotopic (exact) mass is 307 g/mol. The molecule has 1 amide bonds. The highest BCUT2D eigenvalue weighted by atomic mass is 32.1. The minimum absolute atomic E-state index is 0.313. The molecule has 0 radical (unpaired) electrons. The van der Waals surface area contributed by atoms with Crippen LogP contribution >= 0.6 is 11.3 Å². The number of nitrogens with two attached hydrogens (primary N) is 1. The maximum Gasteiger partial charge on any atom is 0.275 e. The number of aliphatic hydroxyl groups is 2. The highest BCUT2D eigenvalue weighted by Gasteiger charge is 2.31. The fourth-order valence-electron chi connectivity index (χ4n) is 2.70. The van der Waals surface area contributed by atoms with Crippen LogP contribution in [0, 0.1) is 0 Å². The van der Waals surface area contributed by atoms with Crippen LogP contribution in [0.3, 0.4) is 0 Å². The predicted molar refractivity (Wildman–Crippen MR) is 80.8 cm³/mol. The third-order valence-corrected chi connectivity index (χ3v) is 4.96. The van der Waals surface area contributed by atoms with Crippen LogP contribution < -0.4 is 11.3 Å². The Kier molecular flexibility index (Phi) is 3.92. The number of amides is 1. The molecule has 1 aliphatic rings. The van der Waals surface area contributed by atoms with Crippen LogP contribution in [0.25, 0.3) is 10.1 Å². The van der Waals surface area contributed by atoms with Crippen LogP contribution in [-0.2, 0) is 6.54 Å². The van der Waals surface area contributed by atoms with Crippen molar-refractivity contribution in [3.8, 4) is 0 Å². The van der Waals surface area contributed by atoms with E-state index in [0.717, 1.165) is 15.6 Å². The molecule has 6 nitrogen and oxygen atoms in total. The molecule has 21 heavy (non-hydrogen) atoms. The molecule has 5 N–H and O–H groups in total. The van der Waals surface area contributed by atoms with Crippen molar-refractivity contribution in [3.05, 3.63) is 34.7 Å². The zero-order valence-corrected chi connectivity index (χ0v) is 12.1. The number of thiophene rings is 1. The summed E-state index contributed by atoms with van der Waals surface area (Å²) in [6, 6.07) is 7.79. The number of nitrogen functional groups attached to an aromatic ring is 1. The second kappa shape index (κ2) is 5.70. The summed E-state index contributed by atoms with van der Waals surface area (Å²) >= 11 is 1.40. The smallest absolute Gasteiger partial charge is 0.275 e. The number of hydrazine groups is 1. The second-order valence-electron chi connectivity index (χ2n) is 5.21. The topological polar surface area (TPSA) is 98.8 Å². The fourth-order valence-corrected chi connectivity index (χ4v) is 3.82. The Hall–Kier alpha value is -1.51. The summed E-state index contributed by atoms with van der Waals surface area (Å²) in [4.78, 5) is 14.5. The van der Waals surface area contributed by atoms with E-state index in [0.29, 0.717) is 24.5 Å². The lowest BCUT2D eigenvalue weighted by Gasteiger charge is -2.15. The zero-order valence-electron chi connectivity index (χ0n) is 11.3. The summed E-state index contributed by atoms with van der Waals surface area (Å²) in [5, 5.41) is 20.3. The average molecular weight is 307 g/mol. The van der Waals surface area contributed by atoms with E-state index in [4.69, 9.17) is 5.84 Å². The SMILES string of the molecule is NNC(=O)c1sc2ccccc2c1CN1CC(O)C(O)C1. The van der Waals surface area contributed by atoms with Gasteiger partial charge in [0, 0.05) is 24.3 Å². The molecule has 1 aromatic heterocycles. The van der Waals surface area contributed by atoms with Gasteiger partial charge in [-0.1, -0.05) is 18.2 Å². The number of fused-ring (bicyclic) bond motifs is 1. The number of carbonyl (C=O) groups excluding carboxylic acids is 1. The Morgan fingerprint density at radius 2 is 2.00 bits per heavy atom. The summed E-state index contributed by atoms with van der Waals surface area (Å²) in [5.74, 6) is 4.95. The minimum atomic E-state index is -0.735. The molecule has 2 unspecified atom stereocenters. The van der Waals surface area contributed by atoms with Gasteiger partial charge in [-0.25, -0.2) is 5.84 Å². The Morgan fingerprint density at radius 1 is 1.33 bits per heavy atom. The van der Waals surface area contributed by atoms with Gasteiger partial charge in [-0.15, -0.1) is 11.3 Å². The predicted octanol–water partition coefficient (Wildman–Crippen LogP) is 0.0422. The number of hydrogen-bond acceptors (Lipinski definition) is 6. The number of nitrogens with zero attached hydrogens (tertiary/aromatic N) is 1. The minimum Gasteiger partial charge on any atom is -0.389 e. The molecule has 2 aromatic rings. The van der Waals surface area contributed by atoms with Gasteiger partial charge in [0.25, 0.3) is 5.91 Å². The number of rotatable bonds is 3. The van der Waals surface area contributed by atoms with Gasteiger partial charge in [-0.05, 0) is 17.0 Å². The number of benzene rings is 1. The molecule has 0 spiro atoms. The summed E-state index contributed by atoms with van der Waals surface area (Å²) in [5.41, 5.74) is 3.07. The molecule has 112 valence electrons. The lowest BCUT2D eigenvalue weighted by Crippen LogP contribution is -2.31. The van der Waals surface area contributed by atoms with Gasteiger partial charge in [0.1, 0.15) is 0 Å². The molecule has 1 aromatic carbocycles. The average Bonchev–Trinajstić information content (AvgIpc) is 3.00. The largest absolute Gasteiger partial charge is 0.389 e. The van der Waals surface area contributed by atoms with Gasteiger partial charge in [0.05, 0.1) is 17.1 Å². The first-order valence-corrected chi connectivity index (χ1v) is 7.51. The molecule has 0 aliphatic carbocycles. The van der Waals surface area contributed by atoms with Crippen molar-refractivity contribution in [2.75, 3.05) is 13.1 Å². The first kappa shape index (κ1) is 14.4. The summed E-state index contributed by atoms with van der Waals surface area (Å²) in [6.07, 6.45) is -1.47. The first-order valence-electron chi connectivity index (χ1n) is 6.70. The number of hydrogen-bond donors (Lipinski definition) is 4. The number of carbonyl (C=O) groups is 1. The molecule has 0 bridgehead atoms. The van der Waals surface area contributed by atoms with Gasteiger partial charge in [-0.3, -0.25) is 15.1 Å². The fraction of sp³-hybridized carbons (Fsp3) is 0.357. The van der Waals surface area contributed by atoms with Gasteiger partial charge in [0.15, 0.2) is 0 Å². The van der Waals surface area contributed by atoms with Crippen LogP contribution in [0.15, 0.2) is 24.3 Å². The number of aliphatic hydroxyl groups excluding tert-OH is 2. The number of nitrogens with one attached hydrogen (secondary N) is 1. The first-order chi connectivity index (χ1) is 10.1. The van der Waals surface area contributed by atoms with Crippen molar-refractivity contribution in [3.63, 3.8) is 0 Å². The van der Waals surface area contributed by atoms with Crippen molar-refractivity contribution in [2.24, 2.45) is 5.84 Å². The van der Waals surface area contributed by atoms with Crippen molar-refractivity contribution >= 4 is 27.3 Å². The quantitative estimate of drug-likeness (QED) is 0.365. The highest BCUT2D eigenvalue weighted by Crippen LogP contribution is 2.32. The highest BCUT2D eigenvalue weighted by molar-refractivity contribution is 7.21. The normalized spacial score (nSPS) is 22.8. The van der Waals surface area contributed by atoms with Crippen LogP contribution in [0.2, 0.25) is 0 Å². The third-order valence-electron chi connectivity index (χ3n) is 3.75. The van der Waals surface area contributed by atoms with Gasteiger partial charge in [0.2, 0.25) is 0 Å². The Morgan fingerprint density at radius 3 is 2.67 bits per heavy atom. The van der Waals surface area contributed by atoms with E-state index in [-0.39, 0.29) is 5.91 Å². The van der Waals surface area contributed by atoms with E-state index < -0.39 is 12.2 Å². The van der Waals surface area contributed by atoms with E-state index in [1.807, 2.05) is 29.2 Å². The van der Waals surface area contributed by atoms with E-state index in [1.165, 1.54) is 11.3 Å². The van der Waals surface area contributed by atoms with E-state index in [2.05, 4.69) is 5.43 Å². The molecule has 1 saturated heterocycles. The molecule has 1 aliphatic heterocycles. The molecule has 2 heterocycles. The van der Waals surface area contributed by atoms with Crippen molar-refractivity contribution < 1.29 is 15.0 Å². The van der Waals surface area contributed by atoms with Crippen molar-refractivity contribution in [1.82, 2.24) is 10.3 Å². The van der Waals surface area contributed by atoms with Crippen LogP contribution in [0.1, 0.15) is 15.2 Å². The Bertz CT molecular complexity index is 663. The standard InChI is InChI=1S/C14H17N3O3S/c15-16-14(20)13-9(5-17-6-10(18)11(19)7-17)8-3-1-2-4-12(8)21-13/h1-4,10-11,18-19H,5-7,15H2,(H,16,20). The van der Waals surface area contributed by atoms with Gasteiger partial charge in [-0.2, -0.15) is 0 Å². The van der Waals surface area contributed by atoms with Gasteiger partial charge >= 0.3 is 0 Å². The molecule has 7 heteroatoms. The molecule has 3 rings (SSSR count). The maximum absolute atomic E-state index is 12.0. The van der Waals surface area contributed by atoms with Gasteiger partial charge < -0.3 is 10.2 Å². The third kappa shape index (κ3) is 2.66. The lowest BCUT2D eigenvalue weighted by atomic mass is 10.1. The summed E-state index contributed by atoms with van der Waals surface area (Å²) < 4.78 is 1.02. The summed E-state index contributed by atoms with van der Waals surface area (Å²) in [7, 11) is 0. The van der Waals surface area contributed by atoms with Crippen LogP contribution in [0.4, 0.5) is 0 Å². The van der Waals surface area contributed by atoms with E-state index >= 15 is 0 Å². The van der Waals surface area contributed by atoms with Crippen LogP contribution in [-0.4, -0.2) is 46.3 Å². The molecule has 2 atom stereocenters. The van der Waals surface area contributed by atoms with E-state index in [1.54, 1.807) is 0 Å². The molecular formula is C14H17N3O3S. The molecule has 1 fully saturated rings. The maximum atomic E-state index is 12.0. The Labute approximate surface area is 125 Å². The van der Waals surface area contributed by atoms with E-state index in [9.17, 15) is 15.0 Å². The van der Waals surface area contributed by atoms with Crippen LogP contribution in [0.5, 0.6) is 0 Å². The van der Waals surface area contributed by atoms with Crippen molar-refractivity contribution in [1.29, 1.82) is 0 Å². The molecule has 0 saturated carbocycles. The summed E-state index contributed by atoms with van der Waals surface area (Å²) in [6.45, 7) is 1.30. The Balaban J connectivity index is 1.97. The van der Waals surface area contributed by atoms with Crippen molar-refractivity contribution in [2.45, 2.75) is 18.8 Å². The zero-order chi connectivity index (χ0) is 15.0. The number of likely N-dealkylation sites (tertiary alicyclic amines) is 1.